The van der Waals surface area contributed by atoms with Crippen LogP contribution in [0.25, 0.3) is 0 Å². The van der Waals surface area contributed by atoms with Gasteiger partial charge in [-0.05, 0) is 18.2 Å². The second-order valence-corrected chi connectivity index (χ2v) is 6.04. The number of ether oxygens (including phenoxy) is 1. The average molecular weight is 330 g/mol. The van der Waals surface area contributed by atoms with E-state index in [0.29, 0.717) is 12.3 Å². The second-order valence-electron chi connectivity index (χ2n) is 4.90. The van der Waals surface area contributed by atoms with Crippen LogP contribution in [-0.2, 0) is 4.79 Å². The number of rotatable bonds is 4. The number of anilines is 1. The summed E-state index contributed by atoms with van der Waals surface area (Å²) in [5.41, 5.74) is 0.825. The molecule has 0 radical (unpaired) electrons. The maximum absolute atomic E-state index is 12.4. The summed E-state index contributed by atoms with van der Waals surface area (Å²) < 4.78 is 5.42. The highest BCUT2D eigenvalue weighted by molar-refractivity contribution is 7.99. The number of hydrogen-bond acceptors (Lipinski definition) is 5. The predicted octanol–water partition coefficient (Wildman–Crippen LogP) is 3.11. The Bertz CT molecular complexity index is 750. The van der Waals surface area contributed by atoms with Gasteiger partial charge in [0, 0.05) is 23.3 Å². The van der Waals surface area contributed by atoms with Gasteiger partial charge in [-0.3, -0.25) is 14.9 Å². The minimum atomic E-state index is -0.493. The van der Waals surface area contributed by atoms with E-state index in [1.807, 2.05) is 24.3 Å². The van der Waals surface area contributed by atoms with Crippen molar-refractivity contribution in [1.82, 2.24) is 0 Å². The number of thioether (sulfide) groups is 1. The van der Waals surface area contributed by atoms with Crippen molar-refractivity contribution in [2.24, 2.45) is 0 Å². The molecule has 0 bridgehead atoms. The van der Waals surface area contributed by atoms with Crippen molar-refractivity contribution >= 4 is 29.0 Å². The molecule has 0 saturated heterocycles. The number of amides is 1. The topological polar surface area (TPSA) is 72.7 Å². The summed E-state index contributed by atoms with van der Waals surface area (Å²) in [6, 6.07) is 13.6. The zero-order valence-corrected chi connectivity index (χ0v) is 13.0. The van der Waals surface area contributed by atoms with Gasteiger partial charge >= 0.3 is 0 Å². The lowest BCUT2D eigenvalue weighted by atomic mass is 10.2. The van der Waals surface area contributed by atoms with Crippen LogP contribution in [0, 0.1) is 10.1 Å². The fourth-order valence-electron chi connectivity index (χ4n) is 2.34. The van der Waals surface area contributed by atoms with Crippen molar-refractivity contribution in [3.63, 3.8) is 0 Å². The molecule has 0 saturated carbocycles. The van der Waals surface area contributed by atoms with Gasteiger partial charge in [-0.2, -0.15) is 0 Å². The van der Waals surface area contributed by atoms with E-state index < -0.39 is 4.92 Å². The van der Waals surface area contributed by atoms with Gasteiger partial charge in [-0.25, -0.2) is 0 Å². The molecule has 2 aromatic rings. The smallest absolute Gasteiger partial charge is 0.273 e. The van der Waals surface area contributed by atoms with Crippen LogP contribution in [0.5, 0.6) is 5.75 Å². The maximum Gasteiger partial charge on any atom is 0.273 e. The molecule has 2 aromatic carbocycles. The standard InChI is InChI=1S/C16H14N2O4S/c19-16(11-22-13-5-3-4-12(10-13)18(20)21)17-8-9-23-15-7-2-1-6-14(15)17/h1-7,10H,8-9,11H2. The number of nitro benzene ring substituents is 1. The van der Waals surface area contributed by atoms with Gasteiger partial charge in [0.1, 0.15) is 5.75 Å². The van der Waals surface area contributed by atoms with Crippen LogP contribution < -0.4 is 9.64 Å². The number of fused-ring (bicyclic) bond motifs is 1. The Labute approximate surface area is 137 Å². The number of hydrogen-bond donors (Lipinski definition) is 0. The molecule has 0 aromatic heterocycles. The van der Waals surface area contributed by atoms with Crippen LogP contribution >= 0.6 is 11.8 Å². The van der Waals surface area contributed by atoms with Crippen LogP contribution in [0.3, 0.4) is 0 Å². The van der Waals surface area contributed by atoms with Crippen molar-refractivity contribution in [2.75, 3.05) is 23.8 Å². The molecule has 6 nitrogen and oxygen atoms in total. The molecule has 0 N–H and O–H groups in total. The molecule has 0 atom stereocenters. The molecule has 0 aliphatic carbocycles. The quantitative estimate of drug-likeness (QED) is 0.636. The average Bonchev–Trinajstić information content (AvgIpc) is 2.59. The highest BCUT2D eigenvalue weighted by Gasteiger charge is 2.23. The number of non-ortho nitro benzene ring substituents is 1. The van der Waals surface area contributed by atoms with Gasteiger partial charge in [0.25, 0.3) is 11.6 Å². The number of benzene rings is 2. The molecular weight excluding hydrogens is 316 g/mol. The van der Waals surface area contributed by atoms with Gasteiger partial charge in [-0.1, -0.05) is 18.2 Å². The van der Waals surface area contributed by atoms with Gasteiger partial charge in [0.15, 0.2) is 6.61 Å². The van der Waals surface area contributed by atoms with E-state index in [4.69, 9.17) is 4.74 Å². The lowest BCUT2D eigenvalue weighted by molar-refractivity contribution is -0.384. The van der Waals surface area contributed by atoms with Crippen molar-refractivity contribution in [1.29, 1.82) is 0 Å². The Kier molecular flexibility index (Phi) is 4.47. The minimum absolute atomic E-state index is 0.0605. The monoisotopic (exact) mass is 330 g/mol. The third-order valence-corrected chi connectivity index (χ3v) is 4.46. The summed E-state index contributed by atoms with van der Waals surface area (Å²) in [6.07, 6.45) is 0. The fraction of sp³-hybridized carbons (Fsp3) is 0.188. The number of nitrogens with zero attached hydrogens (tertiary/aromatic N) is 2. The molecule has 0 spiro atoms. The molecule has 23 heavy (non-hydrogen) atoms. The Hall–Kier alpha value is -2.54. The Morgan fingerprint density at radius 1 is 1.26 bits per heavy atom. The maximum atomic E-state index is 12.4. The molecule has 1 heterocycles. The molecule has 1 aliphatic rings. The van der Waals surface area contributed by atoms with Crippen molar-refractivity contribution in [2.45, 2.75) is 4.90 Å². The van der Waals surface area contributed by atoms with E-state index in [0.717, 1.165) is 16.3 Å². The van der Waals surface area contributed by atoms with E-state index in [2.05, 4.69) is 0 Å². The third kappa shape index (κ3) is 3.45. The molecule has 1 amide bonds. The zero-order chi connectivity index (χ0) is 16.2. The second kappa shape index (κ2) is 6.70. The van der Waals surface area contributed by atoms with Crippen LogP contribution in [-0.4, -0.2) is 29.7 Å². The van der Waals surface area contributed by atoms with Gasteiger partial charge in [-0.15, -0.1) is 11.8 Å². The van der Waals surface area contributed by atoms with Crippen LogP contribution in [0.1, 0.15) is 0 Å². The summed E-state index contributed by atoms with van der Waals surface area (Å²) in [5, 5.41) is 10.7. The van der Waals surface area contributed by atoms with Gasteiger partial charge in [0.05, 0.1) is 16.7 Å². The Morgan fingerprint density at radius 2 is 2.09 bits per heavy atom. The fourth-order valence-corrected chi connectivity index (χ4v) is 3.33. The molecule has 0 fully saturated rings. The largest absolute Gasteiger partial charge is 0.483 e. The summed E-state index contributed by atoms with van der Waals surface area (Å²) in [4.78, 5) is 25.4. The molecule has 3 rings (SSSR count). The van der Waals surface area contributed by atoms with Crippen molar-refractivity contribution < 1.29 is 14.5 Å². The van der Waals surface area contributed by atoms with Gasteiger partial charge in [0.2, 0.25) is 0 Å². The minimum Gasteiger partial charge on any atom is -0.483 e. The van der Waals surface area contributed by atoms with E-state index in [1.165, 1.54) is 18.2 Å². The molecule has 0 unspecified atom stereocenters. The summed E-state index contributed by atoms with van der Waals surface area (Å²) in [5.74, 6) is 0.982. The van der Waals surface area contributed by atoms with Crippen LogP contribution in [0.4, 0.5) is 11.4 Å². The highest BCUT2D eigenvalue weighted by atomic mass is 32.2. The number of carbonyl (C=O) groups is 1. The van der Waals surface area contributed by atoms with E-state index >= 15 is 0 Å². The predicted molar refractivity (Wildman–Crippen MR) is 88.1 cm³/mol. The molecule has 1 aliphatic heterocycles. The molecular formula is C16H14N2O4S. The van der Waals surface area contributed by atoms with E-state index in [-0.39, 0.29) is 18.2 Å². The zero-order valence-electron chi connectivity index (χ0n) is 12.2. The SMILES string of the molecule is O=C(COc1cccc([N+](=O)[O-])c1)N1CCSc2ccccc21. The molecule has 118 valence electrons. The number of carbonyl (C=O) groups excluding carboxylic acids is 1. The van der Waals surface area contributed by atoms with Crippen molar-refractivity contribution in [3.8, 4) is 5.75 Å². The normalized spacial score (nSPS) is 13.3. The third-order valence-electron chi connectivity index (χ3n) is 3.42. The lowest BCUT2D eigenvalue weighted by Gasteiger charge is -2.28. The van der Waals surface area contributed by atoms with E-state index in [1.54, 1.807) is 22.7 Å². The molecule has 7 heteroatoms. The summed E-state index contributed by atoms with van der Waals surface area (Å²) in [7, 11) is 0. The van der Waals surface area contributed by atoms with E-state index in [9.17, 15) is 14.9 Å². The first-order valence-electron chi connectivity index (χ1n) is 7.04. The summed E-state index contributed by atoms with van der Waals surface area (Å²) in [6.45, 7) is 0.471. The van der Waals surface area contributed by atoms with Crippen LogP contribution in [0.2, 0.25) is 0 Å². The lowest BCUT2D eigenvalue weighted by Crippen LogP contribution is -2.38. The summed E-state index contributed by atoms with van der Waals surface area (Å²) >= 11 is 1.72. The number of nitro groups is 1. The Morgan fingerprint density at radius 3 is 2.91 bits per heavy atom. The van der Waals surface area contributed by atoms with Crippen molar-refractivity contribution in [3.05, 3.63) is 58.6 Å². The van der Waals surface area contributed by atoms with Gasteiger partial charge < -0.3 is 9.64 Å². The first-order valence-corrected chi connectivity index (χ1v) is 8.03. The first kappa shape index (κ1) is 15.4. The Balaban J connectivity index is 1.69. The first-order chi connectivity index (χ1) is 11.1. The highest BCUT2D eigenvalue weighted by Crippen LogP contribution is 2.34. The van der Waals surface area contributed by atoms with Crippen LogP contribution in [0.15, 0.2) is 53.4 Å². The number of para-hydroxylation sites is 1.